The minimum atomic E-state index is -0.972. The molecule has 2 aliphatic rings. The molecule has 2 heterocycles. The monoisotopic (exact) mass is 467 g/mol. The van der Waals surface area contributed by atoms with Crippen molar-refractivity contribution in [2.24, 2.45) is 11.8 Å². The van der Waals surface area contributed by atoms with E-state index < -0.39 is 5.60 Å². The van der Waals surface area contributed by atoms with E-state index in [-0.39, 0.29) is 6.10 Å². The van der Waals surface area contributed by atoms with E-state index in [1.165, 1.54) is 16.7 Å². The summed E-state index contributed by atoms with van der Waals surface area (Å²) in [5.41, 5.74) is 5.07. The number of ether oxygens (including phenoxy) is 1. The molecule has 0 saturated carbocycles. The van der Waals surface area contributed by atoms with Gasteiger partial charge in [-0.1, -0.05) is 23.7 Å². The lowest BCUT2D eigenvalue weighted by Gasteiger charge is -2.39. The van der Waals surface area contributed by atoms with Crippen LogP contribution in [0.4, 0.5) is 0 Å². The zero-order valence-corrected chi connectivity index (χ0v) is 20.5. The number of hydrogen-bond acceptors (Lipinski definition) is 4. The Kier molecular flexibility index (Phi) is 6.25. The molecule has 0 bridgehead atoms. The van der Waals surface area contributed by atoms with Gasteiger partial charge in [0.2, 0.25) is 0 Å². The van der Waals surface area contributed by atoms with Gasteiger partial charge in [-0.3, -0.25) is 0 Å². The van der Waals surface area contributed by atoms with E-state index >= 15 is 0 Å². The number of nitrogens with one attached hydrogen (secondary N) is 1. The summed E-state index contributed by atoms with van der Waals surface area (Å²) in [7, 11) is 1.85. The molecule has 176 valence electrons. The fourth-order valence-electron chi connectivity index (χ4n) is 5.64. The molecule has 0 radical (unpaired) electrons. The number of aromatic amines is 1. The second-order valence-electron chi connectivity index (χ2n) is 10.5. The van der Waals surface area contributed by atoms with Gasteiger partial charge >= 0.3 is 0 Å². The number of imidazole rings is 1. The van der Waals surface area contributed by atoms with Crippen molar-refractivity contribution in [2.75, 3.05) is 26.7 Å². The molecule has 0 spiro atoms. The molecule has 2 N–H and O–H groups in total. The predicted octanol–water partition coefficient (Wildman–Crippen LogP) is 4.74. The van der Waals surface area contributed by atoms with Gasteiger partial charge in [-0.25, -0.2) is 4.98 Å². The average Bonchev–Trinajstić information content (AvgIpc) is 3.37. The largest absolute Gasteiger partial charge is 0.383 e. The van der Waals surface area contributed by atoms with Gasteiger partial charge in [0.1, 0.15) is 11.4 Å². The Balaban J connectivity index is 1.21. The molecule has 1 unspecified atom stereocenters. The molecule has 33 heavy (non-hydrogen) atoms. The molecular weight excluding hydrogens is 434 g/mol. The van der Waals surface area contributed by atoms with Crippen LogP contribution in [0.1, 0.15) is 42.8 Å². The van der Waals surface area contributed by atoms with E-state index in [2.05, 4.69) is 45.2 Å². The van der Waals surface area contributed by atoms with Crippen molar-refractivity contribution in [3.8, 4) is 0 Å². The maximum absolute atomic E-state index is 10.3. The zero-order chi connectivity index (χ0) is 23.2. The molecule has 3 atom stereocenters. The van der Waals surface area contributed by atoms with E-state index in [0.717, 1.165) is 61.4 Å². The topological polar surface area (TPSA) is 61.4 Å². The highest BCUT2D eigenvalue weighted by atomic mass is 35.5. The van der Waals surface area contributed by atoms with Gasteiger partial charge in [-0.15, -0.1) is 0 Å². The SMILES string of the molecule is CO[C@H]1CN(CC2Cc3ccc(Cl)cc3C2)CC[C@H]1Cc1ccc2[nH]c(C(C)(C)O)nc2c1. The lowest BCUT2D eigenvalue weighted by molar-refractivity contribution is -0.0148. The smallest absolute Gasteiger partial charge is 0.138 e. The predicted molar refractivity (Wildman–Crippen MR) is 133 cm³/mol. The molecule has 1 fully saturated rings. The van der Waals surface area contributed by atoms with E-state index in [1.807, 2.05) is 13.2 Å². The molecule has 5 rings (SSSR count). The van der Waals surface area contributed by atoms with Crippen molar-refractivity contribution in [1.82, 2.24) is 14.9 Å². The molecule has 1 aromatic heterocycles. The summed E-state index contributed by atoms with van der Waals surface area (Å²) in [6.45, 7) is 6.73. The fraction of sp³-hybridized carbons (Fsp3) is 0.519. The van der Waals surface area contributed by atoms with Crippen LogP contribution < -0.4 is 0 Å². The van der Waals surface area contributed by atoms with E-state index in [1.54, 1.807) is 13.8 Å². The van der Waals surface area contributed by atoms with Crippen molar-refractivity contribution in [2.45, 2.75) is 51.2 Å². The van der Waals surface area contributed by atoms with Crippen LogP contribution in [-0.4, -0.2) is 52.8 Å². The van der Waals surface area contributed by atoms with E-state index in [4.69, 9.17) is 16.3 Å². The highest BCUT2D eigenvalue weighted by Gasteiger charge is 2.32. The molecule has 1 aliphatic carbocycles. The summed E-state index contributed by atoms with van der Waals surface area (Å²) in [6.07, 6.45) is 4.64. The first-order valence-electron chi connectivity index (χ1n) is 12.0. The maximum atomic E-state index is 10.3. The number of piperidine rings is 1. The fourth-order valence-corrected chi connectivity index (χ4v) is 5.83. The number of methoxy groups -OCH3 is 1. The van der Waals surface area contributed by atoms with E-state index in [9.17, 15) is 5.11 Å². The average molecular weight is 468 g/mol. The molecule has 6 heteroatoms. The highest BCUT2D eigenvalue weighted by Crippen LogP contribution is 2.32. The number of fused-ring (bicyclic) bond motifs is 2. The number of H-pyrrole nitrogens is 1. The summed E-state index contributed by atoms with van der Waals surface area (Å²) in [5.74, 6) is 1.77. The Hall–Kier alpha value is -1.92. The van der Waals surface area contributed by atoms with Crippen molar-refractivity contribution in [3.05, 3.63) is 63.9 Å². The van der Waals surface area contributed by atoms with Crippen LogP contribution in [0.3, 0.4) is 0 Å². The Morgan fingerprint density at radius 1 is 1.18 bits per heavy atom. The van der Waals surface area contributed by atoms with E-state index in [0.29, 0.717) is 17.7 Å². The normalized spacial score (nSPS) is 23.8. The van der Waals surface area contributed by atoms with Crippen molar-refractivity contribution < 1.29 is 9.84 Å². The van der Waals surface area contributed by atoms with Crippen molar-refractivity contribution >= 4 is 22.6 Å². The minimum absolute atomic E-state index is 0.235. The van der Waals surface area contributed by atoms with Crippen LogP contribution in [0.2, 0.25) is 5.02 Å². The first-order valence-corrected chi connectivity index (χ1v) is 12.4. The van der Waals surface area contributed by atoms with Crippen LogP contribution >= 0.6 is 11.6 Å². The van der Waals surface area contributed by atoms with Gasteiger partial charge in [0.15, 0.2) is 0 Å². The maximum Gasteiger partial charge on any atom is 0.138 e. The van der Waals surface area contributed by atoms with Crippen LogP contribution in [0, 0.1) is 11.8 Å². The third kappa shape index (κ3) is 4.97. The van der Waals surface area contributed by atoms with Gasteiger partial charge < -0.3 is 19.7 Å². The molecule has 1 aliphatic heterocycles. The molecule has 3 aromatic rings. The Morgan fingerprint density at radius 3 is 2.79 bits per heavy atom. The van der Waals surface area contributed by atoms with Gasteiger partial charge in [-0.05, 0) is 98.9 Å². The number of halogens is 1. The zero-order valence-electron chi connectivity index (χ0n) is 19.8. The molecule has 1 saturated heterocycles. The Bertz CT molecular complexity index is 1140. The van der Waals surface area contributed by atoms with Gasteiger partial charge in [0.25, 0.3) is 0 Å². The number of benzene rings is 2. The van der Waals surface area contributed by atoms with Crippen molar-refractivity contribution in [1.29, 1.82) is 0 Å². The van der Waals surface area contributed by atoms with Gasteiger partial charge in [0, 0.05) is 25.2 Å². The third-order valence-corrected chi connectivity index (χ3v) is 7.64. The standard InChI is InChI=1S/C27H34ClN3O2/c1-27(2,32)26-29-23-7-4-17(13-24(23)30-26)10-20-8-9-31(16-25(20)33-3)15-18-11-19-5-6-22(28)14-21(19)12-18/h4-7,13-14,18,20,25,32H,8-12,15-16H2,1-3H3,(H,29,30)/t18?,20-,25-/m0/s1. The number of hydrogen-bond donors (Lipinski definition) is 2. The minimum Gasteiger partial charge on any atom is -0.383 e. The molecule has 5 nitrogen and oxygen atoms in total. The number of nitrogens with zero attached hydrogens (tertiary/aromatic N) is 2. The lowest BCUT2D eigenvalue weighted by atomic mass is 9.87. The lowest BCUT2D eigenvalue weighted by Crippen LogP contribution is -2.47. The van der Waals surface area contributed by atoms with Gasteiger partial charge in [0.05, 0.1) is 17.1 Å². The summed E-state index contributed by atoms with van der Waals surface area (Å²) in [5, 5.41) is 11.1. The molecule has 0 amide bonds. The highest BCUT2D eigenvalue weighted by molar-refractivity contribution is 6.30. The van der Waals surface area contributed by atoms with Crippen LogP contribution in [0.25, 0.3) is 11.0 Å². The summed E-state index contributed by atoms with van der Waals surface area (Å²) in [4.78, 5) is 10.4. The van der Waals surface area contributed by atoms with Crippen molar-refractivity contribution in [3.63, 3.8) is 0 Å². The van der Waals surface area contributed by atoms with Crippen LogP contribution in [-0.2, 0) is 29.6 Å². The third-order valence-electron chi connectivity index (χ3n) is 7.41. The summed E-state index contributed by atoms with van der Waals surface area (Å²) >= 11 is 6.19. The number of aromatic nitrogens is 2. The number of rotatable bonds is 6. The first-order chi connectivity index (χ1) is 15.8. The number of likely N-dealkylation sites (tertiary alicyclic amines) is 1. The summed E-state index contributed by atoms with van der Waals surface area (Å²) in [6, 6.07) is 12.8. The van der Waals surface area contributed by atoms with Crippen LogP contribution in [0.5, 0.6) is 0 Å². The Morgan fingerprint density at radius 2 is 2.00 bits per heavy atom. The second-order valence-corrected chi connectivity index (χ2v) is 10.9. The quantitative estimate of drug-likeness (QED) is 0.549. The molecule has 2 aromatic carbocycles. The number of aliphatic hydroxyl groups is 1. The van der Waals surface area contributed by atoms with Crippen LogP contribution in [0.15, 0.2) is 36.4 Å². The molecular formula is C27H34ClN3O2. The Labute approximate surface area is 201 Å². The summed E-state index contributed by atoms with van der Waals surface area (Å²) < 4.78 is 5.97. The second kappa shape index (κ2) is 9.03. The van der Waals surface area contributed by atoms with Gasteiger partial charge in [-0.2, -0.15) is 0 Å². The first kappa shape index (κ1) is 22.9.